The molecule has 0 spiro atoms. The van der Waals surface area contributed by atoms with Crippen LogP contribution in [-0.4, -0.2) is 35.6 Å². The first-order valence-corrected chi connectivity index (χ1v) is 6.55. The van der Waals surface area contributed by atoms with Gasteiger partial charge < -0.3 is 10.1 Å². The predicted octanol–water partition coefficient (Wildman–Crippen LogP) is 2.00. The van der Waals surface area contributed by atoms with Crippen molar-refractivity contribution in [3.8, 4) is 5.75 Å². The van der Waals surface area contributed by atoms with E-state index in [0.29, 0.717) is 13.1 Å². The average Bonchev–Trinajstić information content (AvgIpc) is 2.33. The first-order valence-electron chi connectivity index (χ1n) is 5.67. The van der Waals surface area contributed by atoms with Crippen LogP contribution in [0.2, 0.25) is 0 Å². The van der Waals surface area contributed by atoms with Gasteiger partial charge in [-0.3, -0.25) is 4.79 Å². The van der Waals surface area contributed by atoms with Gasteiger partial charge in [-0.1, -0.05) is 23.9 Å². The normalized spacial score (nSPS) is 15.6. The van der Waals surface area contributed by atoms with Gasteiger partial charge in [-0.25, -0.2) is 4.79 Å². The summed E-state index contributed by atoms with van der Waals surface area (Å²) in [5, 5.41) is 2.65. The second-order valence-electron chi connectivity index (χ2n) is 4.07. The number of halogens is 3. The van der Waals surface area contributed by atoms with Gasteiger partial charge in [0, 0.05) is 18.3 Å². The van der Waals surface area contributed by atoms with Crippen LogP contribution in [0.15, 0.2) is 24.3 Å². The number of nitrogens with one attached hydrogen (secondary N) is 1. The molecule has 20 heavy (non-hydrogen) atoms. The van der Waals surface area contributed by atoms with Crippen LogP contribution in [0.4, 0.5) is 13.2 Å². The highest BCUT2D eigenvalue weighted by molar-refractivity contribution is 8.14. The molecular formula is C12H10F3NO3S. The first-order chi connectivity index (χ1) is 9.38. The number of rotatable bonds is 3. The van der Waals surface area contributed by atoms with Crippen molar-refractivity contribution in [1.29, 1.82) is 0 Å². The Morgan fingerprint density at radius 1 is 1.25 bits per heavy atom. The largest absolute Gasteiger partial charge is 0.491 e. The third-order valence-corrected chi connectivity index (χ3v) is 3.66. The van der Waals surface area contributed by atoms with Crippen LogP contribution in [0.25, 0.3) is 0 Å². The second-order valence-corrected chi connectivity index (χ2v) is 5.34. The van der Waals surface area contributed by atoms with Gasteiger partial charge in [0.2, 0.25) is 5.12 Å². The summed E-state index contributed by atoms with van der Waals surface area (Å²) in [6.45, 7) is 1.34. The summed E-state index contributed by atoms with van der Waals surface area (Å²) in [5.41, 5.74) is -0.0398. The molecule has 0 amide bonds. The van der Waals surface area contributed by atoms with Crippen molar-refractivity contribution in [3.05, 3.63) is 29.8 Å². The summed E-state index contributed by atoms with van der Waals surface area (Å²) in [5.74, 6) is -2.72. The highest BCUT2D eigenvalue weighted by Crippen LogP contribution is 2.28. The van der Waals surface area contributed by atoms with Crippen molar-refractivity contribution in [3.63, 3.8) is 0 Å². The van der Waals surface area contributed by atoms with Crippen molar-refractivity contribution in [2.45, 2.75) is 11.4 Å². The van der Waals surface area contributed by atoms with Crippen LogP contribution in [0.1, 0.15) is 10.4 Å². The van der Waals surface area contributed by atoms with Crippen LogP contribution in [-0.2, 0) is 4.79 Å². The number of carbonyl (C=O) groups excluding carboxylic acids is 2. The number of benzene rings is 1. The molecule has 1 saturated heterocycles. The van der Waals surface area contributed by atoms with E-state index in [9.17, 15) is 22.8 Å². The maximum Gasteiger partial charge on any atom is 0.491 e. The SMILES string of the molecule is O=C(SC1CNC1)c1ccccc1OC(=O)C(F)(F)F. The molecule has 0 aromatic heterocycles. The topological polar surface area (TPSA) is 55.4 Å². The Morgan fingerprint density at radius 2 is 1.90 bits per heavy atom. The lowest BCUT2D eigenvalue weighted by atomic mass is 10.2. The van der Waals surface area contributed by atoms with E-state index in [1.54, 1.807) is 0 Å². The maximum absolute atomic E-state index is 12.2. The Bertz CT molecular complexity index is 529. The molecule has 1 aliphatic rings. The van der Waals surface area contributed by atoms with Gasteiger partial charge in [0.1, 0.15) is 5.75 Å². The maximum atomic E-state index is 12.2. The van der Waals surface area contributed by atoms with Gasteiger partial charge in [0.05, 0.1) is 5.56 Å². The molecule has 0 bridgehead atoms. The van der Waals surface area contributed by atoms with Crippen LogP contribution >= 0.6 is 11.8 Å². The molecule has 0 saturated carbocycles. The van der Waals surface area contributed by atoms with Gasteiger partial charge in [-0.2, -0.15) is 13.2 Å². The highest BCUT2D eigenvalue weighted by Gasteiger charge is 2.42. The molecule has 0 atom stereocenters. The monoisotopic (exact) mass is 305 g/mol. The lowest BCUT2D eigenvalue weighted by molar-refractivity contribution is -0.189. The minimum absolute atomic E-state index is 0.0398. The number of thioether (sulfide) groups is 1. The molecule has 0 aliphatic carbocycles. The molecule has 1 fully saturated rings. The molecule has 0 radical (unpaired) electrons. The van der Waals surface area contributed by atoms with Gasteiger partial charge in [0.25, 0.3) is 0 Å². The molecule has 2 rings (SSSR count). The molecule has 1 N–H and O–H groups in total. The van der Waals surface area contributed by atoms with Crippen LogP contribution in [0.3, 0.4) is 0 Å². The number of esters is 1. The Morgan fingerprint density at radius 3 is 2.45 bits per heavy atom. The molecule has 4 nitrogen and oxygen atoms in total. The van der Waals surface area contributed by atoms with Gasteiger partial charge in [0.15, 0.2) is 0 Å². The summed E-state index contributed by atoms with van der Waals surface area (Å²) in [4.78, 5) is 22.8. The smallest absolute Gasteiger partial charge is 0.419 e. The summed E-state index contributed by atoms with van der Waals surface area (Å²) in [7, 11) is 0. The number of ether oxygens (including phenoxy) is 1. The van der Waals surface area contributed by atoms with Crippen molar-refractivity contribution in [2.24, 2.45) is 0 Å². The van der Waals surface area contributed by atoms with Crippen molar-refractivity contribution >= 4 is 22.8 Å². The van der Waals surface area contributed by atoms with Crippen LogP contribution < -0.4 is 10.1 Å². The minimum atomic E-state index is -5.10. The number of alkyl halides is 3. The lowest BCUT2D eigenvalue weighted by Crippen LogP contribution is -2.45. The summed E-state index contributed by atoms with van der Waals surface area (Å²) < 4.78 is 40.8. The zero-order valence-corrected chi connectivity index (χ0v) is 10.9. The Balaban J connectivity index is 2.13. The predicted molar refractivity (Wildman–Crippen MR) is 66.7 cm³/mol. The molecule has 1 aromatic rings. The molecular weight excluding hydrogens is 295 g/mol. The van der Waals surface area contributed by atoms with Crippen molar-refractivity contribution < 1.29 is 27.5 Å². The summed E-state index contributed by atoms with van der Waals surface area (Å²) in [6.07, 6.45) is -5.10. The van der Waals surface area contributed by atoms with Gasteiger partial charge >= 0.3 is 12.1 Å². The zero-order chi connectivity index (χ0) is 14.8. The van der Waals surface area contributed by atoms with E-state index in [-0.39, 0.29) is 16.6 Å². The number of carbonyl (C=O) groups is 2. The lowest BCUT2D eigenvalue weighted by Gasteiger charge is -2.25. The fourth-order valence-corrected chi connectivity index (χ4v) is 2.44. The van der Waals surface area contributed by atoms with Crippen molar-refractivity contribution in [2.75, 3.05) is 13.1 Å². The molecule has 0 unspecified atom stereocenters. The standard InChI is InChI=1S/C12H10F3NO3S/c13-12(14,15)11(18)19-9-4-2-1-3-8(9)10(17)20-7-5-16-6-7/h1-4,7,16H,5-6H2. The van der Waals surface area contributed by atoms with E-state index in [0.717, 1.165) is 17.8 Å². The molecule has 1 heterocycles. The minimum Gasteiger partial charge on any atom is -0.419 e. The van der Waals surface area contributed by atoms with E-state index in [2.05, 4.69) is 10.1 Å². The van der Waals surface area contributed by atoms with E-state index >= 15 is 0 Å². The van der Waals surface area contributed by atoms with E-state index in [1.165, 1.54) is 18.2 Å². The fraction of sp³-hybridized carbons (Fsp3) is 0.333. The summed E-state index contributed by atoms with van der Waals surface area (Å²) >= 11 is 1.01. The van der Waals surface area contributed by atoms with Crippen LogP contribution in [0.5, 0.6) is 5.75 Å². The zero-order valence-electron chi connectivity index (χ0n) is 10.1. The molecule has 1 aliphatic heterocycles. The molecule has 108 valence electrons. The number of hydrogen-bond acceptors (Lipinski definition) is 5. The van der Waals surface area contributed by atoms with Crippen LogP contribution in [0, 0.1) is 0 Å². The highest BCUT2D eigenvalue weighted by atomic mass is 32.2. The fourth-order valence-electron chi connectivity index (χ4n) is 1.44. The Labute approximate surface area is 116 Å². The quantitative estimate of drug-likeness (QED) is 0.684. The van der Waals surface area contributed by atoms with E-state index < -0.39 is 17.3 Å². The number of hydrogen-bond donors (Lipinski definition) is 1. The second kappa shape index (κ2) is 5.84. The summed E-state index contributed by atoms with van der Waals surface area (Å²) in [6, 6.07) is 5.39. The Kier molecular flexibility index (Phi) is 4.34. The first kappa shape index (κ1) is 14.9. The third-order valence-electron chi connectivity index (χ3n) is 2.56. The average molecular weight is 305 g/mol. The van der Waals surface area contributed by atoms with Gasteiger partial charge in [-0.15, -0.1) is 0 Å². The van der Waals surface area contributed by atoms with Gasteiger partial charge in [-0.05, 0) is 12.1 Å². The third kappa shape index (κ3) is 3.51. The Hall–Kier alpha value is -1.54. The van der Waals surface area contributed by atoms with E-state index in [4.69, 9.17) is 0 Å². The molecule has 1 aromatic carbocycles. The number of para-hydroxylation sites is 1. The van der Waals surface area contributed by atoms with E-state index in [1.807, 2.05) is 0 Å². The van der Waals surface area contributed by atoms with Crippen molar-refractivity contribution in [1.82, 2.24) is 5.32 Å². The molecule has 8 heteroatoms.